The van der Waals surface area contributed by atoms with Gasteiger partial charge in [-0.3, -0.25) is 0 Å². The van der Waals surface area contributed by atoms with E-state index in [0.717, 1.165) is 10.7 Å². The lowest BCUT2D eigenvalue weighted by Crippen LogP contribution is -2.16. The first-order valence-electron chi connectivity index (χ1n) is 5.94. The van der Waals surface area contributed by atoms with E-state index in [1.54, 1.807) is 23.9 Å². The molecule has 100 valence electrons. The fourth-order valence-corrected chi connectivity index (χ4v) is 2.34. The minimum Gasteiger partial charge on any atom is -0.478 e. The van der Waals surface area contributed by atoms with E-state index in [4.69, 9.17) is 5.11 Å². The second-order valence-corrected chi connectivity index (χ2v) is 8.20. The lowest BCUT2D eigenvalue weighted by molar-refractivity contribution is 0.0696. The summed E-state index contributed by atoms with van der Waals surface area (Å²) in [6, 6.07) is 3.31. The summed E-state index contributed by atoms with van der Waals surface area (Å²) in [5.41, 5.74) is 0.967. The molecule has 0 atom stereocenters. The fourth-order valence-electron chi connectivity index (χ4n) is 1.38. The number of carboxylic acid groups (broad SMARTS) is 1. The molecule has 4 heteroatoms. The van der Waals surface area contributed by atoms with Crippen LogP contribution in [0.15, 0.2) is 17.2 Å². The van der Waals surface area contributed by atoms with Crippen LogP contribution in [-0.4, -0.2) is 20.8 Å². The van der Waals surface area contributed by atoms with E-state index in [9.17, 15) is 4.79 Å². The molecule has 1 rings (SSSR count). The number of carbonyl (C=O) groups is 1. The SMILES string of the molecule is CC(C)(C)Sc1cc(C(=O)O)cc(C(C)(C)C)n1. The molecule has 0 aliphatic heterocycles. The van der Waals surface area contributed by atoms with Crippen LogP contribution in [0.4, 0.5) is 0 Å². The van der Waals surface area contributed by atoms with E-state index in [1.165, 1.54) is 0 Å². The number of rotatable bonds is 2. The van der Waals surface area contributed by atoms with Crippen LogP contribution in [-0.2, 0) is 5.41 Å². The normalized spacial score (nSPS) is 12.6. The van der Waals surface area contributed by atoms with E-state index in [2.05, 4.69) is 25.8 Å². The molecule has 0 aliphatic carbocycles. The van der Waals surface area contributed by atoms with Gasteiger partial charge >= 0.3 is 5.97 Å². The van der Waals surface area contributed by atoms with Crippen LogP contribution in [0.25, 0.3) is 0 Å². The quantitative estimate of drug-likeness (QED) is 0.824. The minimum absolute atomic E-state index is 0.0132. The summed E-state index contributed by atoms with van der Waals surface area (Å²) in [6.45, 7) is 12.4. The van der Waals surface area contributed by atoms with Gasteiger partial charge in [-0.05, 0) is 12.1 Å². The molecule has 1 aromatic rings. The molecule has 18 heavy (non-hydrogen) atoms. The molecule has 0 saturated heterocycles. The van der Waals surface area contributed by atoms with E-state index in [0.29, 0.717) is 5.56 Å². The minimum atomic E-state index is -0.904. The lowest BCUT2D eigenvalue weighted by Gasteiger charge is -2.22. The van der Waals surface area contributed by atoms with Gasteiger partial charge in [0.15, 0.2) is 0 Å². The van der Waals surface area contributed by atoms with Crippen molar-refractivity contribution in [2.75, 3.05) is 0 Å². The highest BCUT2D eigenvalue weighted by molar-refractivity contribution is 8.00. The second-order valence-electron chi connectivity index (χ2n) is 6.35. The van der Waals surface area contributed by atoms with Crippen molar-refractivity contribution in [3.05, 3.63) is 23.4 Å². The standard InChI is InChI=1S/C14H21NO2S/c1-13(2,3)10-7-9(12(16)17)8-11(15-10)18-14(4,5)6/h7-8H,1-6H3,(H,16,17). The van der Waals surface area contributed by atoms with Gasteiger partial charge in [0.2, 0.25) is 0 Å². The highest BCUT2D eigenvalue weighted by Gasteiger charge is 2.21. The highest BCUT2D eigenvalue weighted by atomic mass is 32.2. The Balaban J connectivity index is 3.27. The van der Waals surface area contributed by atoms with Gasteiger partial charge in [0.1, 0.15) is 0 Å². The molecular formula is C14H21NO2S. The predicted molar refractivity (Wildman–Crippen MR) is 75.5 cm³/mol. The number of carboxylic acids is 1. The summed E-state index contributed by atoms with van der Waals surface area (Å²) in [5, 5.41) is 9.93. The topological polar surface area (TPSA) is 50.2 Å². The lowest BCUT2D eigenvalue weighted by atomic mass is 9.91. The average molecular weight is 267 g/mol. The zero-order chi connectivity index (χ0) is 14.1. The van der Waals surface area contributed by atoms with E-state index in [1.807, 2.05) is 20.8 Å². The zero-order valence-corrected chi connectivity index (χ0v) is 12.7. The first-order valence-corrected chi connectivity index (χ1v) is 6.75. The van der Waals surface area contributed by atoms with Crippen LogP contribution in [0.3, 0.4) is 0 Å². The third-order valence-corrected chi connectivity index (χ3v) is 3.26. The van der Waals surface area contributed by atoms with Crippen LogP contribution in [0.5, 0.6) is 0 Å². The maximum Gasteiger partial charge on any atom is 0.335 e. The molecule has 0 radical (unpaired) electrons. The number of pyridine rings is 1. The van der Waals surface area contributed by atoms with Crippen molar-refractivity contribution in [2.45, 2.75) is 56.7 Å². The van der Waals surface area contributed by atoms with Crippen molar-refractivity contribution in [3.8, 4) is 0 Å². The summed E-state index contributed by atoms with van der Waals surface area (Å²) >= 11 is 1.59. The Kier molecular flexibility index (Phi) is 4.11. The molecule has 0 bridgehead atoms. The molecule has 1 aromatic heterocycles. The Hall–Kier alpha value is -1.03. The van der Waals surface area contributed by atoms with Gasteiger partial charge in [0.25, 0.3) is 0 Å². The number of hydrogen-bond donors (Lipinski definition) is 1. The Labute approximate surface area is 113 Å². The smallest absolute Gasteiger partial charge is 0.335 e. The molecule has 0 spiro atoms. The van der Waals surface area contributed by atoms with Crippen molar-refractivity contribution in [1.82, 2.24) is 4.98 Å². The highest BCUT2D eigenvalue weighted by Crippen LogP contribution is 2.33. The molecule has 0 aromatic carbocycles. The van der Waals surface area contributed by atoms with Crippen LogP contribution < -0.4 is 0 Å². The van der Waals surface area contributed by atoms with Gasteiger partial charge in [0.05, 0.1) is 10.6 Å². The predicted octanol–water partition coefficient (Wildman–Crippen LogP) is 3.97. The Morgan fingerprint density at radius 3 is 2.11 bits per heavy atom. The molecule has 0 fully saturated rings. The number of thioether (sulfide) groups is 1. The number of nitrogens with zero attached hydrogens (tertiary/aromatic N) is 1. The van der Waals surface area contributed by atoms with Crippen LogP contribution >= 0.6 is 11.8 Å². The van der Waals surface area contributed by atoms with Crippen LogP contribution in [0, 0.1) is 0 Å². The molecule has 0 saturated carbocycles. The number of hydrogen-bond acceptors (Lipinski definition) is 3. The third kappa shape index (κ3) is 4.33. The summed E-state index contributed by atoms with van der Waals surface area (Å²) < 4.78 is 0.0132. The Morgan fingerprint density at radius 1 is 1.17 bits per heavy atom. The largest absolute Gasteiger partial charge is 0.478 e. The number of aromatic nitrogens is 1. The summed E-state index contributed by atoms with van der Waals surface area (Å²) in [4.78, 5) is 15.7. The van der Waals surface area contributed by atoms with E-state index >= 15 is 0 Å². The number of aromatic carboxylic acids is 1. The first-order chi connectivity index (χ1) is 7.99. The molecule has 1 heterocycles. The average Bonchev–Trinajstić information content (AvgIpc) is 2.12. The maximum absolute atomic E-state index is 11.2. The molecule has 0 unspecified atom stereocenters. The van der Waals surface area contributed by atoms with Crippen LogP contribution in [0.2, 0.25) is 0 Å². The second kappa shape index (κ2) is 4.92. The summed E-state index contributed by atoms with van der Waals surface area (Å²) in [7, 11) is 0. The summed E-state index contributed by atoms with van der Waals surface area (Å²) in [6.07, 6.45) is 0. The molecular weight excluding hydrogens is 246 g/mol. The Morgan fingerprint density at radius 2 is 1.72 bits per heavy atom. The van der Waals surface area contributed by atoms with Gasteiger partial charge in [-0.25, -0.2) is 9.78 Å². The van der Waals surface area contributed by atoms with Crippen molar-refractivity contribution < 1.29 is 9.90 Å². The van der Waals surface area contributed by atoms with Gasteiger partial charge < -0.3 is 5.11 Å². The maximum atomic E-state index is 11.2. The van der Waals surface area contributed by atoms with E-state index in [-0.39, 0.29) is 10.2 Å². The molecule has 1 N–H and O–H groups in total. The third-order valence-electron chi connectivity index (χ3n) is 2.23. The van der Waals surface area contributed by atoms with Crippen LogP contribution in [0.1, 0.15) is 57.6 Å². The first kappa shape index (κ1) is 15.0. The van der Waals surface area contributed by atoms with Gasteiger partial charge in [-0.2, -0.15) is 0 Å². The van der Waals surface area contributed by atoms with Gasteiger partial charge in [-0.15, -0.1) is 11.8 Å². The van der Waals surface area contributed by atoms with Crippen molar-refractivity contribution in [3.63, 3.8) is 0 Å². The Bertz CT molecular complexity index is 456. The summed E-state index contributed by atoms with van der Waals surface area (Å²) in [5.74, 6) is -0.904. The van der Waals surface area contributed by atoms with Gasteiger partial charge in [0, 0.05) is 15.9 Å². The van der Waals surface area contributed by atoms with E-state index < -0.39 is 5.97 Å². The molecule has 3 nitrogen and oxygen atoms in total. The molecule has 0 amide bonds. The van der Waals surface area contributed by atoms with Crippen molar-refractivity contribution in [2.24, 2.45) is 0 Å². The van der Waals surface area contributed by atoms with Crippen molar-refractivity contribution in [1.29, 1.82) is 0 Å². The fraction of sp³-hybridized carbons (Fsp3) is 0.571. The van der Waals surface area contributed by atoms with Crippen molar-refractivity contribution >= 4 is 17.7 Å². The van der Waals surface area contributed by atoms with Gasteiger partial charge in [-0.1, -0.05) is 41.5 Å². The molecule has 0 aliphatic rings. The monoisotopic (exact) mass is 267 g/mol. The zero-order valence-electron chi connectivity index (χ0n) is 11.9.